The molecule has 98 valence electrons. The fourth-order valence-electron chi connectivity index (χ4n) is 2.06. The number of carboxylic acids is 1. The van der Waals surface area contributed by atoms with Crippen LogP contribution in [0.1, 0.15) is 35.9 Å². The first-order valence-electron chi connectivity index (χ1n) is 6.27. The molecule has 0 saturated heterocycles. The third-order valence-corrected chi connectivity index (χ3v) is 3.19. The first-order chi connectivity index (χ1) is 8.72. The Morgan fingerprint density at radius 2 is 2.33 bits per heavy atom. The van der Waals surface area contributed by atoms with Crippen molar-refractivity contribution in [2.24, 2.45) is 0 Å². The van der Waals surface area contributed by atoms with Crippen molar-refractivity contribution >= 4 is 5.97 Å². The molecule has 2 N–H and O–H groups in total. The number of hydrogen-bond acceptors (Lipinski definition) is 3. The predicted octanol–water partition coefficient (Wildman–Crippen LogP) is 1.93. The van der Waals surface area contributed by atoms with Gasteiger partial charge in [-0.1, -0.05) is 24.3 Å². The van der Waals surface area contributed by atoms with E-state index in [-0.39, 0.29) is 0 Å². The van der Waals surface area contributed by atoms with E-state index < -0.39 is 12.0 Å². The lowest BCUT2D eigenvalue weighted by molar-refractivity contribution is -0.139. The minimum Gasteiger partial charge on any atom is -0.480 e. The largest absolute Gasteiger partial charge is 0.480 e. The van der Waals surface area contributed by atoms with Crippen molar-refractivity contribution in [1.29, 1.82) is 0 Å². The van der Waals surface area contributed by atoms with Gasteiger partial charge in [0.2, 0.25) is 0 Å². The summed E-state index contributed by atoms with van der Waals surface area (Å²) in [5, 5.41) is 12.3. The van der Waals surface area contributed by atoms with Crippen LogP contribution >= 0.6 is 0 Å². The quantitative estimate of drug-likeness (QED) is 0.725. The smallest absolute Gasteiger partial charge is 0.325 e. The lowest BCUT2D eigenvalue weighted by Crippen LogP contribution is -2.31. The third kappa shape index (κ3) is 3.31. The summed E-state index contributed by atoms with van der Waals surface area (Å²) in [7, 11) is 1.60. The molecule has 4 heteroatoms. The molecule has 1 fully saturated rings. The monoisotopic (exact) mass is 249 g/mol. The molecule has 2 rings (SSSR count). The normalized spacial score (nSPS) is 16.5. The van der Waals surface area contributed by atoms with Crippen molar-refractivity contribution in [3.63, 3.8) is 0 Å². The van der Waals surface area contributed by atoms with E-state index in [2.05, 4.69) is 11.4 Å². The molecule has 0 bridgehead atoms. The summed E-state index contributed by atoms with van der Waals surface area (Å²) >= 11 is 0. The number of carbonyl (C=O) groups is 1. The van der Waals surface area contributed by atoms with Crippen LogP contribution in [0.2, 0.25) is 0 Å². The van der Waals surface area contributed by atoms with Crippen LogP contribution in [0.15, 0.2) is 24.3 Å². The van der Waals surface area contributed by atoms with Crippen molar-refractivity contribution in [2.45, 2.75) is 24.8 Å². The van der Waals surface area contributed by atoms with Crippen LogP contribution in [-0.4, -0.2) is 31.3 Å². The van der Waals surface area contributed by atoms with Crippen LogP contribution in [0.3, 0.4) is 0 Å². The van der Waals surface area contributed by atoms with E-state index in [0.29, 0.717) is 19.1 Å². The van der Waals surface area contributed by atoms with Crippen LogP contribution in [0.25, 0.3) is 0 Å². The van der Waals surface area contributed by atoms with Gasteiger partial charge in [0.15, 0.2) is 0 Å². The van der Waals surface area contributed by atoms with Gasteiger partial charge in [-0.3, -0.25) is 10.1 Å². The van der Waals surface area contributed by atoms with Crippen molar-refractivity contribution in [2.75, 3.05) is 20.3 Å². The van der Waals surface area contributed by atoms with Gasteiger partial charge in [-0.2, -0.15) is 0 Å². The van der Waals surface area contributed by atoms with Gasteiger partial charge in [0.25, 0.3) is 0 Å². The van der Waals surface area contributed by atoms with E-state index in [1.54, 1.807) is 7.11 Å². The standard InChI is InChI=1S/C14H19NO3/c1-18-8-7-15-13(14(16)17)12-4-2-3-11(9-12)10-5-6-10/h2-4,9-10,13,15H,5-8H2,1H3,(H,16,17). The Kier molecular flexibility index (Phi) is 4.33. The maximum Gasteiger partial charge on any atom is 0.325 e. The molecule has 0 aliphatic heterocycles. The van der Waals surface area contributed by atoms with E-state index >= 15 is 0 Å². The van der Waals surface area contributed by atoms with Gasteiger partial charge in [-0.25, -0.2) is 0 Å². The Bertz CT molecular complexity index is 415. The number of ether oxygens (including phenoxy) is 1. The topological polar surface area (TPSA) is 58.6 Å². The molecule has 1 aliphatic carbocycles. The maximum atomic E-state index is 11.3. The van der Waals surface area contributed by atoms with Crippen molar-refractivity contribution in [1.82, 2.24) is 5.32 Å². The third-order valence-electron chi connectivity index (χ3n) is 3.19. The fourth-order valence-corrected chi connectivity index (χ4v) is 2.06. The Balaban J connectivity index is 2.08. The van der Waals surface area contributed by atoms with E-state index in [4.69, 9.17) is 4.74 Å². The summed E-state index contributed by atoms with van der Waals surface area (Å²) in [6.07, 6.45) is 2.44. The van der Waals surface area contributed by atoms with E-state index in [0.717, 1.165) is 5.56 Å². The Hall–Kier alpha value is -1.39. The average Bonchev–Trinajstić information content (AvgIpc) is 3.18. The highest BCUT2D eigenvalue weighted by atomic mass is 16.5. The zero-order chi connectivity index (χ0) is 13.0. The van der Waals surface area contributed by atoms with Gasteiger partial charge in [0, 0.05) is 13.7 Å². The van der Waals surface area contributed by atoms with Gasteiger partial charge < -0.3 is 9.84 Å². The number of hydrogen-bond donors (Lipinski definition) is 2. The molecule has 0 heterocycles. The summed E-state index contributed by atoms with van der Waals surface area (Å²) in [6.45, 7) is 1.03. The molecule has 1 atom stereocenters. The summed E-state index contributed by atoms with van der Waals surface area (Å²) in [5.41, 5.74) is 2.08. The van der Waals surface area contributed by atoms with E-state index in [1.165, 1.54) is 18.4 Å². The number of methoxy groups -OCH3 is 1. The first kappa shape index (κ1) is 13.1. The molecule has 1 aromatic rings. The predicted molar refractivity (Wildman–Crippen MR) is 68.7 cm³/mol. The van der Waals surface area contributed by atoms with Crippen LogP contribution < -0.4 is 5.32 Å². The number of nitrogens with one attached hydrogen (secondary N) is 1. The molecule has 4 nitrogen and oxygen atoms in total. The second kappa shape index (κ2) is 5.98. The van der Waals surface area contributed by atoms with Crippen LogP contribution in [0.4, 0.5) is 0 Å². The second-order valence-electron chi connectivity index (χ2n) is 4.66. The summed E-state index contributed by atoms with van der Waals surface area (Å²) in [5.74, 6) is -0.211. The Morgan fingerprint density at radius 1 is 1.56 bits per heavy atom. The number of carboxylic acid groups (broad SMARTS) is 1. The molecule has 0 spiro atoms. The molecule has 1 aliphatic rings. The molecule has 18 heavy (non-hydrogen) atoms. The summed E-state index contributed by atoms with van der Waals surface area (Å²) in [4.78, 5) is 11.3. The van der Waals surface area contributed by atoms with Crippen molar-refractivity contribution in [3.05, 3.63) is 35.4 Å². The molecule has 0 amide bonds. The van der Waals surface area contributed by atoms with Crippen LogP contribution in [-0.2, 0) is 9.53 Å². The minimum absolute atomic E-state index is 0.506. The second-order valence-corrected chi connectivity index (χ2v) is 4.66. The Labute approximate surface area is 107 Å². The fraction of sp³-hybridized carbons (Fsp3) is 0.500. The van der Waals surface area contributed by atoms with Gasteiger partial charge in [-0.05, 0) is 29.9 Å². The van der Waals surface area contributed by atoms with Gasteiger partial charge in [0.05, 0.1) is 6.61 Å². The van der Waals surface area contributed by atoms with Crippen LogP contribution in [0, 0.1) is 0 Å². The molecule has 1 aromatic carbocycles. The average molecular weight is 249 g/mol. The lowest BCUT2D eigenvalue weighted by atomic mass is 10.0. The van der Waals surface area contributed by atoms with Gasteiger partial charge in [-0.15, -0.1) is 0 Å². The number of aliphatic carboxylic acids is 1. The highest BCUT2D eigenvalue weighted by Crippen LogP contribution is 2.40. The van der Waals surface area contributed by atoms with E-state index in [1.807, 2.05) is 18.2 Å². The van der Waals surface area contributed by atoms with Gasteiger partial charge >= 0.3 is 5.97 Å². The number of rotatable bonds is 7. The van der Waals surface area contributed by atoms with Crippen molar-refractivity contribution < 1.29 is 14.6 Å². The zero-order valence-corrected chi connectivity index (χ0v) is 10.6. The minimum atomic E-state index is -0.848. The Morgan fingerprint density at radius 3 is 2.94 bits per heavy atom. The highest BCUT2D eigenvalue weighted by molar-refractivity contribution is 5.75. The lowest BCUT2D eigenvalue weighted by Gasteiger charge is -2.15. The molecule has 1 unspecified atom stereocenters. The summed E-state index contributed by atoms with van der Waals surface area (Å²) < 4.78 is 4.92. The molecule has 1 saturated carbocycles. The first-order valence-corrected chi connectivity index (χ1v) is 6.27. The van der Waals surface area contributed by atoms with Crippen LogP contribution in [0.5, 0.6) is 0 Å². The maximum absolute atomic E-state index is 11.3. The zero-order valence-electron chi connectivity index (χ0n) is 10.6. The SMILES string of the molecule is COCCNC(C(=O)O)c1cccc(C2CC2)c1. The molecule has 0 aromatic heterocycles. The number of benzene rings is 1. The van der Waals surface area contributed by atoms with E-state index in [9.17, 15) is 9.90 Å². The molecular weight excluding hydrogens is 230 g/mol. The van der Waals surface area contributed by atoms with Gasteiger partial charge in [0.1, 0.15) is 6.04 Å². The van der Waals surface area contributed by atoms with Crippen molar-refractivity contribution in [3.8, 4) is 0 Å². The summed E-state index contributed by atoms with van der Waals surface area (Å²) in [6, 6.07) is 7.24. The highest BCUT2D eigenvalue weighted by Gasteiger charge is 2.25. The molecule has 0 radical (unpaired) electrons. The molecular formula is C14H19NO3.